The molecule has 0 aliphatic carbocycles. The van der Waals surface area contributed by atoms with Gasteiger partial charge in [-0.25, -0.2) is 4.98 Å². The second-order valence-electron chi connectivity index (χ2n) is 5.89. The molecule has 1 aromatic rings. The van der Waals surface area contributed by atoms with Crippen LogP contribution in [0.15, 0.2) is 11.6 Å². The Morgan fingerprint density at radius 3 is 2.59 bits per heavy atom. The van der Waals surface area contributed by atoms with Gasteiger partial charge >= 0.3 is 0 Å². The lowest BCUT2D eigenvalue weighted by Crippen LogP contribution is -2.35. The lowest BCUT2D eigenvalue weighted by molar-refractivity contribution is 0.222. The molecule has 1 aromatic heterocycles. The SMILES string of the molecule is CCNC(Cc1nccs1)CC(C)C(C)(C)C. The maximum Gasteiger partial charge on any atom is 0.0940 e. The first-order chi connectivity index (χ1) is 7.93. The van der Waals surface area contributed by atoms with E-state index in [4.69, 9.17) is 0 Å². The van der Waals surface area contributed by atoms with E-state index in [0.29, 0.717) is 17.4 Å². The van der Waals surface area contributed by atoms with Crippen molar-refractivity contribution in [3.05, 3.63) is 16.6 Å². The maximum absolute atomic E-state index is 4.39. The van der Waals surface area contributed by atoms with Crippen LogP contribution in [0, 0.1) is 11.3 Å². The molecule has 2 atom stereocenters. The van der Waals surface area contributed by atoms with E-state index in [9.17, 15) is 0 Å². The summed E-state index contributed by atoms with van der Waals surface area (Å²) in [6.45, 7) is 12.5. The molecule has 2 unspecified atom stereocenters. The molecule has 0 amide bonds. The monoisotopic (exact) mass is 254 g/mol. The van der Waals surface area contributed by atoms with E-state index in [-0.39, 0.29) is 0 Å². The van der Waals surface area contributed by atoms with Crippen molar-refractivity contribution in [2.75, 3.05) is 6.54 Å². The minimum atomic E-state index is 0.385. The molecular weight excluding hydrogens is 228 g/mol. The van der Waals surface area contributed by atoms with Gasteiger partial charge in [-0.1, -0.05) is 34.6 Å². The van der Waals surface area contributed by atoms with Gasteiger partial charge in [-0.15, -0.1) is 11.3 Å². The van der Waals surface area contributed by atoms with Gasteiger partial charge in [0.15, 0.2) is 0 Å². The zero-order valence-corrected chi connectivity index (χ0v) is 12.6. The number of hydrogen-bond acceptors (Lipinski definition) is 3. The molecule has 1 rings (SSSR count). The van der Waals surface area contributed by atoms with Crippen molar-refractivity contribution in [3.63, 3.8) is 0 Å². The number of nitrogens with one attached hydrogen (secondary N) is 1. The molecule has 0 aromatic carbocycles. The quantitative estimate of drug-likeness (QED) is 0.836. The summed E-state index contributed by atoms with van der Waals surface area (Å²) in [7, 11) is 0. The normalized spacial score (nSPS) is 15.8. The number of aromatic nitrogens is 1. The van der Waals surface area contributed by atoms with Gasteiger partial charge in [0.25, 0.3) is 0 Å². The Morgan fingerprint density at radius 2 is 2.12 bits per heavy atom. The van der Waals surface area contributed by atoms with Gasteiger partial charge in [0, 0.05) is 24.0 Å². The third kappa shape index (κ3) is 5.17. The van der Waals surface area contributed by atoms with Crippen LogP contribution in [0.4, 0.5) is 0 Å². The summed E-state index contributed by atoms with van der Waals surface area (Å²) >= 11 is 1.76. The second-order valence-corrected chi connectivity index (χ2v) is 6.87. The molecule has 0 aliphatic rings. The molecule has 0 bridgehead atoms. The fourth-order valence-electron chi connectivity index (χ4n) is 1.87. The molecule has 0 saturated heterocycles. The number of nitrogens with zero attached hydrogens (tertiary/aromatic N) is 1. The van der Waals surface area contributed by atoms with Gasteiger partial charge in [0.2, 0.25) is 0 Å². The molecule has 3 heteroatoms. The fraction of sp³-hybridized carbons (Fsp3) is 0.786. The largest absolute Gasteiger partial charge is 0.314 e. The zero-order chi connectivity index (χ0) is 12.9. The Balaban J connectivity index is 2.54. The van der Waals surface area contributed by atoms with Gasteiger partial charge in [0.05, 0.1) is 5.01 Å². The van der Waals surface area contributed by atoms with Gasteiger partial charge in [0.1, 0.15) is 0 Å². The first kappa shape index (κ1) is 14.7. The summed E-state index contributed by atoms with van der Waals surface area (Å²) in [5.74, 6) is 0.714. The van der Waals surface area contributed by atoms with E-state index in [0.717, 1.165) is 13.0 Å². The average Bonchev–Trinajstić information content (AvgIpc) is 2.69. The number of hydrogen-bond donors (Lipinski definition) is 1. The molecule has 0 fully saturated rings. The molecule has 1 heterocycles. The van der Waals surface area contributed by atoms with E-state index < -0.39 is 0 Å². The molecule has 17 heavy (non-hydrogen) atoms. The van der Waals surface area contributed by atoms with Crippen LogP contribution >= 0.6 is 11.3 Å². The first-order valence-electron chi connectivity index (χ1n) is 6.55. The molecule has 0 spiro atoms. The van der Waals surface area contributed by atoms with Crippen molar-refractivity contribution >= 4 is 11.3 Å². The third-order valence-corrected chi connectivity index (χ3v) is 4.32. The summed E-state index contributed by atoms with van der Waals surface area (Å²) in [6, 6.07) is 0.556. The van der Waals surface area contributed by atoms with Gasteiger partial charge in [-0.3, -0.25) is 0 Å². The van der Waals surface area contributed by atoms with Crippen molar-refractivity contribution in [2.45, 2.75) is 53.5 Å². The number of thiazole rings is 1. The van der Waals surface area contributed by atoms with Gasteiger partial charge < -0.3 is 5.32 Å². The molecule has 98 valence electrons. The summed E-state index contributed by atoms with van der Waals surface area (Å²) in [6.07, 6.45) is 4.18. The van der Waals surface area contributed by atoms with Crippen molar-refractivity contribution in [3.8, 4) is 0 Å². The molecular formula is C14H26N2S. The van der Waals surface area contributed by atoms with Crippen LogP contribution in [0.2, 0.25) is 0 Å². The highest BCUT2D eigenvalue weighted by Gasteiger charge is 2.23. The summed E-state index contributed by atoms with van der Waals surface area (Å²) in [5.41, 5.74) is 0.385. The predicted molar refractivity (Wildman–Crippen MR) is 76.5 cm³/mol. The van der Waals surface area contributed by atoms with Crippen molar-refractivity contribution in [2.24, 2.45) is 11.3 Å². The van der Waals surface area contributed by atoms with E-state index in [1.54, 1.807) is 11.3 Å². The highest BCUT2D eigenvalue weighted by molar-refractivity contribution is 7.09. The Kier molecular flexibility index (Phi) is 5.60. The fourth-order valence-corrected chi connectivity index (χ4v) is 2.57. The first-order valence-corrected chi connectivity index (χ1v) is 7.43. The zero-order valence-electron chi connectivity index (χ0n) is 11.8. The Labute approximate surface area is 110 Å². The molecule has 0 radical (unpaired) electrons. The van der Waals surface area contributed by atoms with Crippen LogP contribution in [0.25, 0.3) is 0 Å². The number of likely N-dealkylation sites (N-methyl/N-ethyl adjacent to an activating group) is 1. The van der Waals surface area contributed by atoms with Crippen LogP contribution in [0.3, 0.4) is 0 Å². The van der Waals surface area contributed by atoms with Crippen molar-refractivity contribution < 1.29 is 0 Å². The lowest BCUT2D eigenvalue weighted by Gasteiger charge is -2.31. The highest BCUT2D eigenvalue weighted by atomic mass is 32.1. The van der Waals surface area contributed by atoms with Crippen molar-refractivity contribution in [1.82, 2.24) is 10.3 Å². The highest BCUT2D eigenvalue weighted by Crippen LogP contribution is 2.29. The minimum Gasteiger partial charge on any atom is -0.314 e. The molecule has 0 saturated carbocycles. The maximum atomic E-state index is 4.39. The van der Waals surface area contributed by atoms with E-state index in [1.807, 2.05) is 6.20 Å². The third-order valence-electron chi connectivity index (χ3n) is 3.51. The topological polar surface area (TPSA) is 24.9 Å². The second kappa shape index (κ2) is 6.50. The average molecular weight is 254 g/mol. The predicted octanol–water partition coefficient (Wildman–Crippen LogP) is 3.74. The van der Waals surface area contributed by atoms with Crippen LogP contribution < -0.4 is 5.32 Å². The summed E-state index contributed by atoms with van der Waals surface area (Å²) in [5, 5.41) is 6.90. The Hall–Kier alpha value is -0.410. The molecule has 2 nitrogen and oxygen atoms in total. The summed E-state index contributed by atoms with van der Waals surface area (Å²) in [4.78, 5) is 4.39. The van der Waals surface area contributed by atoms with Crippen molar-refractivity contribution in [1.29, 1.82) is 0 Å². The van der Waals surface area contributed by atoms with Gasteiger partial charge in [-0.2, -0.15) is 0 Å². The van der Waals surface area contributed by atoms with Crippen LogP contribution in [-0.4, -0.2) is 17.6 Å². The Bertz CT molecular complexity index is 301. The van der Waals surface area contributed by atoms with Gasteiger partial charge in [-0.05, 0) is 24.3 Å². The van der Waals surface area contributed by atoms with E-state index in [2.05, 4.69) is 50.3 Å². The molecule has 1 N–H and O–H groups in total. The Morgan fingerprint density at radius 1 is 1.41 bits per heavy atom. The van der Waals surface area contributed by atoms with Crippen LogP contribution in [0.5, 0.6) is 0 Å². The van der Waals surface area contributed by atoms with Crippen LogP contribution in [0.1, 0.15) is 46.0 Å². The lowest BCUT2D eigenvalue weighted by atomic mass is 9.78. The summed E-state index contributed by atoms with van der Waals surface area (Å²) < 4.78 is 0. The standard InChI is InChI=1S/C14H26N2S/c1-6-15-12(9-11(2)14(3,4)5)10-13-16-7-8-17-13/h7-8,11-12,15H,6,9-10H2,1-5H3. The minimum absolute atomic E-state index is 0.385. The van der Waals surface area contributed by atoms with E-state index >= 15 is 0 Å². The molecule has 0 aliphatic heterocycles. The van der Waals surface area contributed by atoms with Crippen LogP contribution in [-0.2, 0) is 6.42 Å². The van der Waals surface area contributed by atoms with E-state index in [1.165, 1.54) is 11.4 Å². The smallest absolute Gasteiger partial charge is 0.0940 e. The number of rotatable bonds is 6.